The highest BCUT2D eigenvalue weighted by Crippen LogP contribution is 2.17. The average molecular weight is 472 g/mol. The number of halogens is 2. The molecule has 1 aromatic carbocycles. The Hall–Kier alpha value is -1.84. The molecule has 8 heteroatoms. The van der Waals surface area contributed by atoms with Gasteiger partial charge in [-0.15, -0.1) is 24.0 Å². The van der Waals surface area contributed by atoms with Gasteiger partial charge in [-0.05, 0) is 38.1 Å². The van der Waals surface area contributed by atoms with E-state index in [-0.39, 0.29) is 29.8 Å². The van der Waals surface area contributed by atoms with Crippen molar-refractivity contribution in [3.05, 3.63) is 47.0 Å². The summed E-state index contributed by atoms with van der Waals surface area (Å²) in [5.74, 6) is 0.362. The minimum atomic E-state index is -0.209. The third-order valence-electron chi connectivity index (χ3n) is 4.85. The first-order valence-electron chi connectivity index (χ1n) is 8.50. The van der Waals surface area contributed by atoms with E-state index < -0.39 is 0 Å². The van der Waals surface area contributed by atoms with Crippen LogP contribution in [-0.2, 0) is 13.6 Å². The predicted molar refractivity (Wildman–Crippen MR) is 114 cm³/mol. The number of anilines is 1. The molecule has 1 aromatic heterocycles. The molecule has 0 bridgehead atoms. The van der Waals surface area contributed by atoms with Gasteiger partial charge < -0.3 is 15.5 Å². The maximum Gasteiger partial charge on any atom is 0.191 e. The Morgan fingerprint density at radius 3 is 2.31 bits per heavy atom. The Morgan fingerprint density at radius 2 is 1.77 bits per heavy atom. The first-order chi connectivity index (χ1) is 12.0. The molecule has 1 saturated heterocycles. The van der Waals surface area contributed by atoms with Crippen LogP contribution in [0.2, 0.25) is 0 Å². The Bertz CT molecular complexity index is 763. The van der Waals surface area contributed by atoms with Crippen molar-refractivity contribution < 1.29 is 4.39 Å². The van der Waals surface area contributed by atoms with E-state index in [2.05, 4.69) is 19.9 Å². The summed E-state index contributed by atoms with van der Waals surface area (Å²) in [5.41, 5.74) is 10.5. The Balaban J connectivity index is 0.00000243. The minimum Gasteiger partial charge on any atom is -0.370 e. The molecular weight excluding hydrogens is 446 g/mol. The molecule has 0 aliphatic carbocycles. The number of nitrogens with two attached hydrogens (primary N) is 1. The highest BCUT2D eigenvalue weighted by Gasteiger charge is 2.19. The molecule has 2 N–H and O–H groups in total. The standard InChI is InChI=1S/C18H25FN6.HI/c1-13-17(14(2)23(3)22-13)12-21-18(20)25-10-8-24(9-11-25)16-6-4-15(19)5-7-16;/h4-7H,8-12H2,1-3H3,(H2,20,21);1H. The summed E-state index contributed by atoms with van der Waals surface area (Å²) in [6.07, 6.45) is 0. The second-order valence-corrected chi connectivity index (χ2v) is 6.40. The Labute approximate surface area is 170 Å². The first-order valence-corrected chi connectivity index (χ1v) is 8.50. The molecule has 0 unspecified atom stereocenters. The zero-order chi connectivity index (χ0) is 18.0. The number of benzene rings is 1. The number of nitrogens with zero attached hydrogens (tertiary/aromatic N) is 5. The van der Waals surface area contributed by atoms with Gasteiger partial charge in [0.05, 0.1) is 12.2 Å². The molecule has 26 heavy (non-hydrogen) atoms. The van der Waals surface area contributed by atoms with Gasteiger partial charge in [0, 0.05) is 50.2 Å². The van der Waals surface area contributed by atoms with Crippen molar-refractivity contribution in [2.24, 2.45) is 17.8 Å². The van der Waals surface area contributed by atoms with E-state index in [1.807, 2.05) is 37.7 Å². The highest BCUT2D eigenvalue weighted by atomic mass is 127. The van der Waals surface area contributed by atoms with Gasteiger partial charge in [-0.3, -0.25) is 4.68 Å². The number of piperazine rings is 1. The number of hydrogen-bond acceptors (Lipinski definition) is 3. The lowest BCUT2D eigenvalue weighted by Crippen LogP contribution is -2.51. The fraction of sp³-hybridized carbons (Fsp3) is 0.444. The maximum absolute atomic E-state index is 13.0. The second kappa shape index (κ2) is 8.70. The molecule has 0 amide bonds. The van der Waals surface area contributed by atoms with E-state index in [0.717, 1.165) is 48.8 Å². The largest absolute Gasteiger partial charge is 0.370 e. The molecule has 0 radical (unpaired) electrons. The van der Waals surface area contributed by atoms with Gasteiger partial charge in [-0.25, -0.2) is 9.38 Å². The van der Waals surface area contributed by atoms with E-state index >= 15 is 0 Å². The number of guanidine groups is 1. The van der Waals surface area contributed by atoms with Crippen LogP contribution in [0.4, 0.5) is 10.1 Å². The molecule has 142 valence electrons. The molecule has 6 nitrogen and oxygen atoms in total. The van der Waals surface area contributed by atoms with Gasteiger partial charge >= 0.3 is 0 Å². The quantitative estimate of drug-likeness (QED) is 0.424. The van der Waals surface area contributed by atoms with Crippen LogP contribution in [0.3, 0.4) is 0 Å². The summed E-state index contributed by atoms with van der Waals surface area (Å²) >= 11 is 0. The van der Waals surface area contributed by atoms with Crippen LogP contribution in [0.25, 0.3) is 0 Å². The van der Waals surface area contributed by atoms with E-state index in [9.17, 15) is 4.39 Å². The Kier molecular flexibility index (Phi) is 6.85. The number of aromatic nitrogens is 2. The summed E-state index contributed by atoms with van der Waals surface area (Å²) in [5, 5.41) is 4.41. The lowest BCUT2D eigenvalue weighted by molar-refractivity contribution is 0.380. The van der Waals surface area contributed by atoms with Crippen LogP contribution < -0.4 is 10.6 Å². The van der Waals surface area contributed by atoms with Crippen LogP contribution in [0, 0.1) is 19.7 Å². The summed E-state index contributed by atoms with van der Waals surface area (Å²) in [6, 6.07) is 6.62. The lowest BCUT2D eigenvalue weighted by atomic mass is 10.2. The zero-order valence-corrected chi connectivity index (χ0v) is 17.8. The number of rotatable bonds is 3. The molecule has 1 fully saturated rings. The van der Waals surface area contributed by atoms with Crippen molar-refractivity contribution in [1.82, 2.24) is 14.7 Å². The van der Waals surface area contributed by atoms with Gasteiger partial charge in [0.2, 0.25) is 0 Å². The van der Waals surface area contributed by atoms with Crippen LogP contribution in [0.5, 0.6) is 0 Å². The van der Waals surface area contributed by atoms with Crippen molar-refractivity contribution in [1.29, 1.82) is 0 Å². The molecule has 0 saturated carbocycles. The third-order valence-corrected chi connectivity index (χ3v) is 4.85. The van der Waals surface area contributed by atoms with Gasteiger partial charge in [0.25, 0.3) is 0 Å². The molecule has 1 aliphatic heterocycles. The molecule has 0 spiro atoms. The topological polar surface area (TPSA) is 62.7 Å². The van der Waals surface area contributed by atoms with Crippen molar-refractivity contribution in [3.63, 3.8) is 0 Å². The van der Waals surface area contributed by atoms with Gasteiger partial charge in [-0.1, -0.05) is 0 Å². The fourth-order valence-electron chi connectivity index (χ4n) is 3.15. The van der Waals surface area contributed by atoms with Gasteiger partial charge in [0.15, 0.2) is 5.96 Å². The maximum atomic E-state index is 13.0. The monoisotopic (exact) mass is 472 g/mol. The summed E-state index contributed by atoms with van der Waals surface area (Å²) in [7, 11) is 1.94. The van der Waals surface area contributed by atoms with Crippen LogP contribution in [-0.4, -0.2) is 46.8 Å². The van der Waals surface area contributed by atoms with Gasteiger partial charge in [-0.2, -0.15) is 5.10 Å². The molecular formula is C18H26FIN6. The minimum absolute atomic E-state index is 0. The van der Waals surface area contributed by atoms with E-state index in [0.29, 0.717) is 12.5 Å². The SMILES string of the molecule is Cc1nn(C)c(C)c1CN=C(N)N1CCN(c2ccc(F)cc2)CC1.I. The smallest absolute Gasteiger partial charge is 0.191 e. The fourth-order valence-corrected chi connectivity index (χ4v) is 3.15. The lowest BCUT2D eigenvalue weighted by Gasteiger charge is -2.36. The predicted octanol–water partition coefficient (Wildman–Crippen LogP) is 2.43. The van der Waals surface area contributed by atoms with E-state index in [1.165, 1.54) is 12.1 Å². The van der Waals surface area contributed by atoms with Gasteiger partial charge in [0.1, 0.15) is 5.82 Å². The summed E-state index contributed by atoms with van der Waals surface area (Å²) in [6.45, 7) is 7.88. The third kappa shape index (κ3) is 4.46. The number of hydrogen-bond donors (Lipinski definition) is 1. The molecule has 1 aliphatic rings. The Morgan fingerprint density at radius 1 is 1.15 bits per heavy atom. The average Bonchev–Trinajstić information content (AvgIpc) is 2.86. The second-order valence-electron chi connectivity index (χ2n) is 6.40. The molecule has 2 heterocycles. The molecule has 3 rings (SSSR count). The van der Waals surface area contributed by atoms with Crippen LogP contribution >= 0.6 is 24.0 Å². The summed E-state index contributed by atoms with van der Waals surface area (Å²) in [4.78, 5) is 8.89. The number of aliphatic imine (C=N–C) groups is 1. The van der Waals surface area contributed by atoms with Crippen molar-refractivity contribution in [2.45, 2.75) is 20.4 Å². The van der Waals surface area contributed by atoms with Crippen LogP contribution in [0.1, 0.15) is 17.0 Å². The molecule has 0 atom stereocenters. The van der Waals surface area contributed by atoms with Crippen molar-refractivity contribution in [3.8, 4) is 0 Å². The zero-order valence-electron chi connectivity index (χ0n) is 15.4. The van der Waals surface area contributed by atoms with E-state index in [4.69, 9.17) is 5.73 Å². The number of aryl methyl sites for hydroxylation is 2. The normalized spacial score (nSPS) is 15.2. The molecule has 2 aromatic rings. The van der Waals surface area contributed by atoms with Crippen molar-refractivity contribution in [2.75, 3.05) is 31.1 Å². The summed E-state index contributed by atoms with van der Waals surface area (Å²) < 4.78 is 14.9. The van der Waals surface area contributed by atoms with Crippen LogP contribution in [0.15, 0.2) is 29.3 Å². The van der Waals surface area contributed by atoms with Crippen molar-refractivity contribution >= 4 is 35.6 Å². The first kappa shape index (κ1) is 20.5. The highest BCUT2D eigenvalue weighted by molar-refractivity contribution is 14.0. The van der Waals surface area contributed by atoms with E-state index in [1.54, 1.807) is 0 Å².